The van der Waals surface area contributed by atoms with Gasteiger partial charge in [-0.3, -0.25) is 4.98 Å². The van der Waals surface area contributed by atoms with E-state index in [1.54, 1.807) is 0 Å². The molecule has 0 saturated heterocycles. The summed E-state index contributed by atoms with van der Waals surface area (Å²) in [6, 6.07) is 4.18. The number of pyridine rings is 1. The highest BCUT2D eigenvalue weighted by Crippen LogP contribution is 2.23. The molecule has 1 aromatic heterocycles. The molecule has 1 aromatic rings. The second-order valence-corrected chi connectivity index (χ2v) is 4.46. The maximum absolute atomic E-state index is 4.25. The van der Waals surface area contributed by atoms with Crippen molar-refractivity contribution in [3.05, 3.63) is 36.2 Å². The summed E-state index contributed by atoms with van der Waals surface area (Å²) in [5, 5.41) is 0. The topological polar surface area (TPSA) is 12.9 Å². The van der Waals surface area contributed by atoms with E-state index in [0.29, 0.717) is 0 Å². The standard InChI is InChI=1S/C12H17N/c1-9(2)11-8-10(6-7-13-11)12(3,4)5/h6-8H,1H2,2-5H3. The van der Waals surface area contributed by atoms with Crippen LogP contribution in [-0.2, 0) is 5.41 Å². The molecule has 0 radical (unpaired) electrons. The summed E-state index contributed by atoms with van der Waals surface area (Å²) in [5.41, 5.74) is 3.51. The van der Waals surface area contributed by atoms with Gasteiger partial charge < -0.3 is 0 Å². The van der Waals surface area contributed by atoms with Gasteiger partial charge in [0.05, 0.1) is 5.69 Å². The van der Waals surface area contributed by atoms with Crippen molar-refractivity contribution in [2.24, 2.45) is 0 Å². The monoisotopic (exact) mass is 175 g/mol. The van der Waals surface area contributed by atoms with Crippen molar-refractivity contribution >= 4 is 5.57 Å². The van der Waals surface area contributed by atoms with E-state index in [-0.39, 0.29) is 5.41 Å². The smallest absolute Gasteiger partial charge is 0.0655 e. The molecule has 1 heteroatoms. The number of aromatic nitrogens is 1. The van der Waals surface area contributed by atoms with Crippen LogP contribution in [0.5, 0.6) is 0 Å². The van der Waals surface area contributed by atoms with Crippen LogP contribution in [0.2, 0.25) is 0 Å². The molecule has 0 N–H and O–H groups in total. The van der Waals surface area contributed by atoms with E-state index in [1.165, 1.54) is 5.56 Å². The number of rotatable bonds is 1. The Hall–Kier alpha value is -1.11. The average Bonchev–Trinajstić information content (AvgIpc) is 2.03. The molecule has 1 nitrogen and oxygen atoms in total. The molecule has 0 aliphatic carbocycles. The lowest BCUT2D eigenvalue weighted by molar-refractivity contribution is 0.589. The van der Waals surface area contributed by atoms with Gasteiger partial charge >= 0.3 is 0 Å². The first-order valence-electron chi connectivity index (χ1n) is 4.53. The van der Waals surface area contributed by atoms with E-state index in [9.17, 15) is 0 Å². The van der Waals surface area contributed by atoms with Crippen LogP contribution >= 0.6 is 0 Å². The Labute approximate surface area is 80.5 Å². The first-order chi connectivity index (χ1) is 5.91. The highest BCUT2D eigenvalue weighted by Gasteiger charge is 2.13. The van der Waals surface area contributed by atoms with E-state index in [4.69, 9.17) is 0 Å². The van der Waals surface area contributed by atoms with E-state index in [0.717, 1.165) is 11.3 Å². The van der Waals surface area contributed by atoms with Crippen LogP contribution in [-0.4, -0.2) is 4.98 Å². The van der Waals surface area contributed by atoms with Gasteiger partial charge in [-0.2, -0.15) is 0 Å². The predicted octanol–water partition coefficient (Wildman–Crippen LogP) is 3.41. The Morgan fingerprint density at radius 3 is 2.46 bits per heavy atom. The van der Waals surface area contributed by atoms with Gasteiger partial charge in [-0.1, -0.05) is 27.4 Å². The summed E-state index contributed by atoms with van der Waals surface area (Å²) in [4.78, 5) is 4.25. The van der Waals surface area contributed by atoms with E-state index in [2.05, 4.69) is 44.5 Å². The van der Waals surface area contributed by atoms with Crippen molar-refractivity contribution in [2.45, 2.75) is 33.1 Å². The first-order valence-corrected chi connectivity index (χ1v) is 4.53. The summed E-state index contributed by atoms with van der Waals surface area (Å²) in [6.07, 6.45) is 1.85. The van der Waals surface area contributed by atoms with Crippen LogP contribution < -0.4 is 0 Å². The molecule has 0 aliphatic heterocycles. The summed E-state index contributed by atoms with van der Waals surface area (Å²) < 4.78 is 0. The van der Waals surface area contributed by atoms with Gasteiger partial charge in [0.2, 0.25) is 0 Å². The third-order valence-corrected chi connectivity index (χ3v) is 2.06. The summed E-state index contributed by atoms with van der Waals surface area (Å²) in [6.45, 7) is 12.5. The molecule has 0 aromatic carbocycles. The summed E-state index contributed by atoms with van der Waals surface area (Å²) in [7, 11) is 0. The Kier molecular flexibility index (Phi) is 2.55. The lowest BCUT2D eigenvalue weighted by atomic mass is 9.87. The normalized spacial score (nSPS) is 11.4. The lowest BCUT2D eigenvalue weighted by Gasteiger charge is -2.19. The van der Waals surface area contributed by atoms with Crippen molar-refractivity contribution < 1.29 is 0 Å². The minimum Gasteiger partial charge on any atom is -0.257 e. The maximum Gasteiger partial charge on any atom is 0.0655 e. The molecule has 70 valence electrons. The molecule has 0 spiro atoms. The largest absolute Gasteiger partial charge is 0.257 e. The maximum atomic E-state index is 4.25. The second kappa shape index (κ2) is 3.33. The van der Waals surface area contributed by atoms with Crippen LogP contribution in [0.25, 0.3) is 5.57 Å². The predicted molar refractivity (Wildman–Crippen MR) is 57.6 cm³/mol. The third-order valence-electron chi connectivity index (χ3n) is 2.06. The molecule has 0 unspecified atom stereocenters. The van der Waals surface area contributed by atoms with Crippen molar-refractivity contribution in [3.8, 4) is 0 Å². The number of nitrogens with zero attached hydrogens (tertiary/aromatic N) is 1. The Morgan fingerprint density at radius 1 is 1.38 bits per heavy atom. The molecule has 1 rings (SSSR count). The molecule has 0 bridgehead atoms. The quantitative estimate of drug-likeness (QED) is 0.637. The van der Waals surface area contributed by atoms with Gasteiger partial charge in [0, 0.05) is 6.20 Å². The fourth-order valence-electron chi connectivity index (χ4n) is 1.13. The van der Waals surface area contributed by atoms with E-state index < -0.39 is 0 Å². The summed E-state index contributed by atoms with van der Waals surface area (Å²) >= 11 is 0. The zero-order chi connectivity index (χ0) is 10.1. The van der Waals surface area contributed by atoms with Crippen LogP contribution in [0.15, 0.2) is 24.9 Å². The zero-order valence-corrected chi connectivity index (χ0v) is 8.89. The SMILES string of the molecule is C=C(C)c1cc(C(C)(C)C)ccn1. The molecule has 1 heterocycles. The van der Waals surface area contributed by atoms with Gasteiger partial charge in [-0.25, -0.2) is 0 Å². The molecule has 0 fully saturated rings. The Bertz CT molecular complexity index is 318. The van der Waals surface area contributed by atoms with Crippen LogP contribution in [0, 0.1) is 0 Å². The Balaban J connectivity index is 3.13. The van der Waals surface area contributed by atoms with E-state index >= 15 is 0 Å². The molecule has 0 atom stereocenters. The van der Waals surface area contributed by atoms with Crippen molar-refractivity contribution in [2.75, 3.05) is 0 Å². The van der Waals surface area contributed by atoms with Gasteiger partial charge in [-0.05, 0) is 35.6 Å². The minimum atomic E-state index is 0.188. The van der Waals surface area contributed by atoms with Gasteiger partial charge in [0.15, 0.2) is 0 Å². The van der Waals surface area contributed by atoms with Gasteiger partial charge in [0.1, 0.15) is 0 Å². The van der Waals surface area contributed by atoms with Gasteiger partial charge in [-0.15, -0.1) is 0 Å². The fraction of sp³-hybridized carbons (Fsp3) is 0.417. The third kappa shape index (κ3) is 2.41. The van der Waals surface area contributed by atoms with Crippen molar-refractivity contribution in [1.29, 1.82) is 0 Å². The number of allylic oxidation sites excluding steroid dienone is 1. The lowest BCUT2D eigenvalue weighted by Crippen LogP contribution is -2.11. The van der Waals surface area contributed by atoms with Crippen molar-refractivity contribution in [1.82, 2.24) is 4.98 Å². The molecule has 0 amide bonds. The molecular weight excluding hydrogens is 158 g/mol. The highest BCUT2D eigenvalue weighted by atomic mass is 14.7. The zero-order valence-electron chi connectivity index (χ0n) is 8.89. The molecular formula is C12H17N. The first kappa shape index (κ1) is 9.97. The van der Waals surface area contributed by atoms with Gasteiger partial charge in [0.25, 0.3) is 0 Å². The van der Waals surface area contributed by atoms with Crippen LogP contribution in [0.4, 0.5) is 0 Å². The highest BCUT2D eigenvalue weighted by molar-refractivity contribution is 5.58. The number of hydrogen-bond acceptors (Lipinski definition) is 1. The fourth-order valence-corrected chi connectivity index (χ4v) is 1.13. The molecule has 0 saturated carbocycles. The molecule has 0 aliphatic rings. The second-order valence-electron chi connectivity index (χ2n) is 4.46. The molecule has 13 heavy (non-hydrogen) atoms. The minimum absolute atomic E-state index is 0.188. The average molecular weight is 175 g/mol. The Morgan fingerprint density at radius 2 is 2.00 bits per heavy atom. The van der Waals surface area contributed by atoms with Crippen LogP contribution in [0.3, 0.4) is 0 Å². The van der Waals surface area contributed by atoms with E-state index in [1.807, 2.05) is 13.1 Å². The van der Waals surface area contributed by atoms with Crippen molar-refractivity contribution in [3.63, 3.8) is 0 Å². The number of hydrogen-bond donors (Lipinski definition) is 0. The summed E-state index contributed by atoms with van der Waals surface area (Å²) in [5.74, 6) is 0. The van der Waals surface area contributed by atoms with Crippen LogP contribution in [0.1, 0.15) is 39.0 Å².